The van der Waals surface area contributed by atoms with Crippen LogP contribution in [0, 0.1) is 0 Å². The fourth-order valence-electron chi connectivity index (χ4n) is 2.58. The van der Waals surface area contributed by atoms with Crippen molar-refractivity contribution in [3.05, 3.63) is 0 Å². The van der Waals surface area contributed by atoms with E-state index >= 15 is 0 Å². The van der Waals surface area contributed by atoms with Crippen molar-refractivity contribution in [2.75, 3.05) is 33.2 Å². The first-order valence-electron chi connectivity index (χ1n) is 9.86. The summed E-state index contributed by atoms with van der Waals surface area (Å²) in [4.78, 5) is 10.0. The molecular weight excluding hydrogens is 302 g/mol. The Morgan fingerprint density at radius 2 is 1.33 bits per heavy atom. The molecule has 0 aromatic rings. The highest BCUT2D eigenvalue weighted by molar-refractivity contribution is 5.70. The molecular formula is C19H43N3O2. The van der Waals surface area contributed by atoms with E-state index in [1.165, 1.54) is 62.6 Å². The second-order valence-electron chi connectivity index (χ2n) is 7.06. The number of carboxylic acid groups (broad SMARTS) is 1. The highest BCUT2D eigenvalue weighted by atomic mass is 16.4. The van der Waals surface area contributed by atoms with E-state index in [1.807, 2.05) is 0 Å². The molecule has 0 bridgehead atoms. The number of rotatable bonds is 14. The summed E-state index contributed by atoms with van der Waals surface area (Å²) in [5.41, 5.74) is 10.3. The number of carbonyl (C=O) groups excluding carboxylic acids is 1. The van der Waals surface area contributed by atoms with Crippen molar-refractivity contribution in [2.24, 2.45) is 11.5 Å². The van der Waals surface area contributed by atoms with Crippen LogP contribution in [0.1, 0.15) is 78.6 Å². The molecule has 0 saturated heterocycles. The lowest BCUT2D eigenvalue weighted by atomic mass is 10.1. The van der Waals surface area contributed by atoms with Crippen molar-refractivity contribution in [2.45, 2.75) is 84.6 Å². The number of nitrogens with two attached hydrogens (primary N) is 2. The second-order valence-corrected chi connectivity index (χ2v) is 7.06. The number of nitrogens with zero attached hydrogens (tertiary/aromatic N) is 1. The maximum atomic E-state index is 10.0. The van der Waals surface area contributed by atoms with Crippen LogP contribution in [0.15, 0.2) is 0 Å². The van der Waals surface area contributed by atoms with Gasteiger partial charge in [-0.2, -0.15) is 0 Å². The average Bonchev–Trinajstić information content (AvgIpc) is 2.57. The molecule has 0 heterocycles. The molecule has 0 aromatic carbocycles. The van der Waals surface area contributed by atoms with Crippen LogP contribution in [-0.2, 0) is 4.79 Å². The summed E-state index contributed by atoms with van der Waals surface area (Å²) in [6.45, 7) is 11.6. The van der Waals surface area contributed by atoms with Crippen molar-refractivity contribution in [1.82, 2.24) is 0 Å². The molecule has 24 heavy (non-hydrogen) atoms. The molecule has 0 radical (unpaired) electrons. The minimum absolute atomic E-state index is 0.458. The molecule has 5 heteroatoms. The molecule has 0 aliphatic heterocycles. The zero-order valence-electron chi connectivity index (χ0n) is 16.7. The van der Waals surface area contributed by atoms with Gasteiger partial charge >= 0.3 is 0 Å². The largest absolute Gasteiger partial charge is 0.548 e. The van der Waals surface area contributed by atoms with Gasteiger partial charge in [0.2, 0.25) is 0 Å². The van der Waals surface area contributed by atoms with E-state index in [1.54, 1.807) is 0 Å². The Balaban J connectivity index is 0. The molecule has 0 aliphatic carbocycles. The van der Waals surface area contributed by atoms with E-state index in [0.717, 1.165) is 12.8 Å². The van der Waals surface area contributed by atoms with E-state index in [9.17, 15) is 9.90 Å². The predicted molar refractivity (Wildman–Crippen MR) is 101 cm³/mol. The Kier molecular flexibility index (Phi) is 18.3. The number of carbonyl (C=O) groups is 1. The van der Waals surface area contributed by atoms with Crippen LogP contribution >= 0.6 is 0 Å². The molecule has 146 valence electrons. The summed E-state index contributed by atoms with van der Waals surface area (Å²) < 4.78 is 1.32. The second kappa shape index (κ2) is 17.2. The summed E-state index contributed by atoms with van der Waals surface area (Å²) in [5, 5.41) is 10.0. The molecule has 0 fully saturated rings. The molecule has 0 saturated carbocycles. The van der Waals surface area contributed by atoms with Gasteiger partial charge in [-0.1, -0.05) is 46.5 Å². The van der Waals surface area contributed by atoms with Crippen molar-refractivity contribution >= 4 is 5.97 Å². The van der Waals surface area contributed by atoms with E-state index in [4.69, 9.17) is 11.5 Å². The van der Waals surface area contributed by atoms with Crippen molar-refractivity contribution in [3.8, 4) is 0 Å². The van der Waals surface area contributed by atoms with Crippen LogP contribution in [0.25, 0.3) is 0 Å². The number of carboxylic acids is 1. The van der Waals surface area contributed by atoms with Crippen molar-refractivity contribution in [1.29, 1.82) is 0 Å². The minimum atomic E-state index is -1.18. The molecule has 0 rings (SSSR count). The Bertz CT molecular complexity index is 264. The summed E-state index contributed by atoms with van der Waals surface area (Å²) in [5.74, 6) is -1.18. The molecule has 0 aliphatic rings. The van der Waals surface area contributed by atoms with E-state index in [2.05, 4.69) is 27.8 Å². The van der Waals surface area contributed by atoms with Crippen molar-refractivity contribution in [3.63, 3.8) is 0 Å². The Morgan fingerprint density at radius 3 is 1.62 bits per heavy atom. The van der Waals surface area contributed by atoms with Crippen LogP contribution in [0.5, 0.6) is 0 Å². The quantitative estimate of drug-likeness (QED) is 0.372. The fourth-order valence-corrected chi connectivity index (χ4v) is 2.58. The Hall–Kier alpha value is -0.650. The highest BCUT2D eigenvalue weighted by Gasteiger charge is 2.18. The van der Waals surface area contributed by atoms with Crippen LogP contribution in [-0.4, -0.2) is 49.7 Å². The SMILES string of the molecule is CCCC[N+](C)(CCCC)CCCC.NCCCCC(N)C(=O)[O-]. The predicted octanol–water partition coefficient (Wildman–Crippen LogP) is 2.03. The molecule has 1 atom stereocenters. The van der Waals surface area contributed by atoms with Crippen molar-refractivity contribution < 1.29 is 14.4 Å². The van der Waals surface area contributed by atoms with Gasteiger partial charge < -0.3 is 25.9 Å². The first-order valence-corrected chi connectivity index (χ1v) is 9.86. The van der Waals surface area contributed by atoms with Gasteiger partial charge in [0.25, 0.3) is 0 Å². The molecule has 0 aromatic heterocycles. The van der Waals surface area contributed by atoms with Gasteiger partial charge in [0, 0.05) is 6.04 Å². The van der Waals surface area contributed by atoms with Crippen LogP contribution in [0.2, 0.25) is 0 Å². The van der Waals surface area contributed by atoms with Crippen LogP contribution in [0.4, 0.5) is 0 Å². The zero-order valence-corrected chi connectivity index (χ0v) is 16.7. The van der Waals surface area contributed by atoms with Gasteiger partial charge in [-0.15, -0.1) is 0 Å². The lowest BCUT2D eigenvalue weighted by Crippen LogP contribution is -2.46. The van der Waals surface area contributed by atoms with E-state index in [-0.39, 0.29) is 0 Å². The van der Waals surface area contributed by atoms with Gasteiger partial charge in [-0.05, 0) is 38.6 Å². The minimum Gasteiger partial charge on any atom is -0.548 e. The monoisotopic (exact) mass is 345 g/mol. The topological polar surface area (TPSA) is 92.2 Å². The lowest BCUT2D eigenvalue weighted by Gasteiger charge is -2.34. The molecule has 1 unspecified atom stereocenters. The first kappa shape index (κ1) is 25.6. The maximum Gasteiger partial charge on any atom is 0.0784 e. The van der Waals surface area contributed by atoms with Gasteiger partial charge in [-0.3, -0.25) is 0 Å². The zero-order chi connectivity index (χ0) is 18.8. The summed E-state index contributed by atoms with van der Waals surface area (Å²) in [7, 11) is 2.45. The van der Waals surface area contributed by atoms with Gasteiger partial charge in [0.1, 0.15) is 0 Å². The van der Waals surface area contributed by atoms with Crippen LogP contribution < -0.4 is 16.6 Å². The Morgan fingerprint density at radius 1 is 0.917 bits per heavy atom. The number of quaternary nitrogens is 1. The Labute approximate surface area is 150 Å². The summed E-state index contributed by atoms with van der Waals surface area (Å²) in [6, 6.07) is -0.827. The fraction of sp³-hybridized carbons (Fsp3) is 0.947. The summed E-state index contributed by atoms with van der Waals surface area (Å²) >= 11 is 0. The van der Waals surface area contributed by atoms with Gasteiger partial charge in [0.15, 0.2) is 0 Å². The summed E-state index contributed by atoms with van der Waals surface area (Å²) in [6.07, 6.45) is 10.2. The smallest absolute Gasteiger partial charge is 0.0784 e. The number of hydrogen-bond donors (Lipinski definition) is 2. The molecule has 0 spiro atoms. The normalized spacial score (nSPS) is 12.4. The standard InChI is InChI=1S/C13H30N.C6H14N2O2/c1-5-8-11-14(4,12-9-6-2)13-10-7-3;7-4-2-1-3-5(8)6(9)10/h5-13H2,1-4H3;5H,1-4,7-8H2,(H,9,10)/q+1;/p-1. The van der Waals surface area contributed by atoms with E-state index < -0.39 is 12.0 Å². The molecule has 0 amide bonds. The third-order valence-corrected chi connectivity index (χ3v) is 4.43. The maximum absolute atomic E-state index is 10.0. The third-order valence-electron chi connectivity index (χ3n) is 4.43. The number of hydrogen-bond acceptors (Lipinski definition) is 4. The lowest BCUT2D eigenvalue weighted by molar-refractivity contribution is -0.910. The van der Waals surface area contributed by atoms with Gasteiger partial charge in [-0.25, -0.2) is 0 Å². The van der Waals surface area contributed by atoms with Crippen LogP contribution in [0.3, 0.4) is 0 Å². The van der Waals surface area contributed by atoms with E-state index in [0.29, 0.717) is 13.0 Å². The highest BCUT2D eigenvalue weighted by Crippen LogP contribution is 2.10. The number of unbranched alkanes of at least 4 members (excludes halogenated alkanes) is 4. The third kappa shape index (κ3) is 16.2. The van der Waals surface area contributed by atoms with Gasteiger partial charge in [0.05, 0.1) is 32.7 Å². The average molecular weight is 346 g/mol. The molecule has 5 nitrogen and oxygen atoms in total. The molecule has 4 N–H and O–H groups in total. The number of aliphatic carboxylic acids is 1. The first-order chi connectivity index (χ1) is 11.4.